The normalized spacial score (nSPS) is 13.9. The number of ether oxygens (including phenoxy) is 1. The molecule has 0 bridgehead atoms. The third kappa shape index (κ3) is 10.4. The minimum Gasteiger partial charge on any atom is -0.497 e. The fourth-order valence-corrected chi connectivity index (χ4v) is 5.80. The van der Waals surface area contributed by atoms with Gasteiger partial charge in [0.15, 0.2) is 0 Å². The molecular formula is C37H44N4O6S. The first-order valence-electron chi connectivity index (χ1n) is 15.9. The lowest BCUT2D eigenvalue weighted by Crippen LogP contribution is -2.49. The maximum absolute atomic E-state index is 13.8. The first-order chi connectivity index (χ1) is 23.0. The van der Waals surface area contributed by atoms with E-state index in [0.717, 1.165) is 16.7 Å². The van der Waals surface area contributed by atoms with Crippen LogP contribution in [0, 0.1) is 0 Å². The van der Waals surface area contributed by atoms with Gasteiger partial charge in [-0.2, -0.15) is 0 Å². The average molecular weight is 673 g/mol. The highest BCUT2D eigenvalue weighted by atomic mass is 32.2. The predicted octanol–water partition coefficient (Wildman–Crippen LogP) is 5.00. The van der Waals surface area contributed by atoms with Gasteiger partial charge < -0.3 is 25.8 Å². The van der Waals surface area contributed by atoms with Gasteiger partial charge in [-0.3, -0.25) is 14.3 Å². The number of aliphatic hydroxyl groups is 1. The van der Waals surface area contributed by atoms with Crippen LogP contribution in [0.4, 0.5) is 5.69 Å². The van der Waals surface area contributed by atoms with Gasteiger partial charge in [-0.05, 0) is 74.2 Å². The van der Waals surface area contributed by atoms with Crippen molar-refractivity contribution in [3.8, 4) is 5.75 Å². The first-order valence-corrected chi connectivity index (χ1v) is 17.5. The van der Waals surface area contributed by atoms with Gasteiger partial charge in [-0.1, -0.05) is 72.8 Å². The van der Waals surface area contributed by atoms with E-state index < -0.39 is 40.0 Å². The summed E-state index contributed by atoms with van der Waals surface area (Å²) in [7, 11) is -2.16. The number of aliphatic hydroxyl groups excluding tert-OH is 1. The Bertz CT molecular complexity index is 1770. The van der Waals surface area contributed by atoms with E-state index in [0.29, 0.717) is 12.2 Å². The maximum Gasteiger partial charge on any atom is 0.251 e. The van der Waals surface area contributed by atoms with Gasteiger partial charge >= 0.3 is 0 Å². The molecule has 4 aromatic carbocycles. The molecule has 0 unspecified atom stereocenters. The molecule has 0 aliphatic carbocycles. The molecule has 0 radical (unpaired) electrons. The fraction of sp³-hybridized carbons (Fsp3) is 0.297. The van der Waals surface area contributed by atoms with E-state index in [1.165, 1.54) is 25.1 Å². The quantitative estimate of drug-likeness (QED) is 0.113. The van der Waals surface area contributed by atoms with Gasteiger partial charge in [0, 0.05) is 23.7 Å². The summed E-state index contributed by atoms with van der Waals surface area (Å²) in [5, 5.41) is 20.5. The van der Waals surface area contributed by atoms with Gasteiger partial charge in [0.05, 0.1) is 36.7 Å². The van der Waals surface area contributed by atoms with Crippen LogP contribution >= 0.6 is 0 Å². The number of carbonyl (C=O) groups is 2. The number of amides is 2. The van der Waals surface area contributed by atoms with Crippen molar-refractivity contribution in [3.05, 3.63) is 131 Å². The molecule has 0 saturated heterocycles. The minimum absolute atomic E-state index is 0.0439. The molecule has 5 N–H and O–H groups in total. The van der Waals surface area contributed by atoms with Crippen molar-refractivity contribution in [1.82, 2.24) is 16.0 Å². The maximum atomic E-state index is 13.8. The number of hydrogen-bond acceptors (Lipinski definition) is 7. The standard InChI is InChI=1S/C37H44N4O6S/c1-5-48(45,46)41-32-21-30(36(43)39-26(3)29-17-12-18-33(23-29)47-4)20-31(22-32)37(44)40-34(19-27-13-8-6-9-14-27)35(42)24-38-25(2)28-15-10-7-11-16-28/h6-18,20-23,25-26,34-35,38,41-42H,5,19,24H2,1-4H3,(H,39,43)(H,40,44)/t25-,26+,34-,35+/m0/s1. The third-order valence-electron chi connectivity index (χ3n) is 8.06. The molecule has 10 nitrogen and oxygen atoms in total. The summed E-state index contributed by atoms with van der Waals surface area (Å²) in [6.45, 7) is 5.49. The van der Waals surface area contributed by atoms with E-state index in [2.05, 4.69) is 20.7 Å². The molecule has 0 spiro atoms. The molecule has 4 aromatic rings. The largest absolute Gasteiger partial charge is 0.497 e. The Morgan fingerprint density at radius 1 is 0.771 bits per heavy atom. The molecule has 0 aliphatic rings. The van der Waals surface area contributed by atoms with E-state index in [1.54, 1.807) is 13.2 Å². The molecule has 2 amide bonds. The number of methoxy groups -OCH3 is 1. The summed E-state index contributed by atoms with van der Waals surface area (Å²) in [5.41, 5.74) is 2.99. The molecule has 0 aliphatic heterocycles. The van der Waals surface area contributed by atoms with E-state index in [4.69, 9.17) is 4.74 Å². The van der Waals surface area contributed by atoms with Crippen LogP contribution in [0.3, 0.4) is 0 Å². The monoisotopic (exact) mass is 672 g/mol. The van der Waals surface area contributed by atoms with Crippen LogP contribution in [-0.4, -0.2) is 56.9 Å². The number of rotatable bonds is 16. The lowest BCUT2D eigenvalue weighted by molar-refractivity contribution is 0.0825. The number of benzene rings is 4. The van der Waals surface area contributed by atoms with Crippen molar-refractivity contribution in [2.75, 3.05) is 24.1 Å². The van der Waals surface area contributed by atoms with Crippen LogP contribution in [0.25, 0.3) is 0 Å². The van der Waals surface area contributed by atoms with Crippen LogP contribution in [0.5, 0.6) is 5.75 Å². The molecule has 4 rings (SSSR count). The smallest absolute Gasteiger partial charge is 0.251 e. The zero-order chi connectivity index (χ0) is 34.7. The molecule has 48 heavy (non-hydrogen) atoms. The van der Waals surface area contributed by atoms with Gasteiger partial charge in [-0.15, -0.1) is 0 Å². The number of anilines is 1. The number of hydrogen-bond donors (Lipinski definition) is 5. The van der Waals surface area contributed by atoms with Crippen molar-refractivity contribution in [3.63, 3.8) is 0 Å². The molecule has 0 aromatic heterocycles. The molecule has 4 atom stereocenters. The zero-order valence-corrected chi connectivity index (χ0v) is 28.5. The highest BCUT2D eigenvalue weighted by molar-refractivity contribution is 7.92. The molecule has 11 heteroatoms. The molecule has 254 valence electrons. The second-order valence-electron chi connectivity index (χ2n) is 11.7. The SMILES string of the molecule is CCS(=O)(=O)Nc1cc(C(=O)N[C@@H](Cc2ccccc2)[C@H](O)CN[C@@H](C)c2ccccc2)cc(C(=O)N[C@H](C)c2cccc(OC)c2)c1. The zero-order valence-electron chi connectivity index (χ0n) is 27.6. The van der Waals surface area contributed by atoms with Crippen LogP contribution in [0.2, 0.25) is 0 Å². The lowest BCUT2D eigenvalue weighted by atomic mass is 9.99. The van der Waals surface area contributed by atoms with Gasteiger partial charge in [0.25, 0.3) is 11.8 Å². The number of carbonyl (C=O) groups excluding carboxylic acids is 2. The molecule has 0 fully saturated rings. The van der Waals surface area contributed by atoms with Gasteiger partial charge in [0.1, 0.15) is 5.75 Å². The highest BCUT2D eigenvalue weighted by Crippen LogP contribution is 2.22. The molecule has 0 saturated carbocycles. The minimum atomic E-state index is -3.72. The second kappa shape index (κ2) is 16.9. The van der Waals surface area contributed by atoms with Crippen LogP contribution in [0.1, 0.15) is 70.3 Å². The molecule has 0 heterocycles. The Labute approximate surface area is 283 Å². The van der Waals surface area contributed by atoms with E-state index in [9.17, 15) is 23.1 Å². The van der Waals surface area contributed by atoms with E-state index in [-0.39, 0.29) is 35.2 Å². The van der Waals surface area contributed by atoms with Crippen molar-refractivity contribution in [1.29, 1.82) is 0 Å². The summed E-state index contributed by atoms with van der Waals surface area (Å²) in [6.07, 6.45) is -0.642. The Kier molecular flexibility index (Phi) is 12.7. The Morgan fingerprint density at radius 2 is 1.38 bits per heavy atom. The molecular weight excluding hydrogens is 628 g/mol. The topological polar surface area (TPSA) is 146 Å². The third-order valence-corrected chi connectivity index (χ3v) is 9.37. The predicted molar refractivity (Wildman–Crippen MR) is 189 cm³/mol. The Hall–Kier alpha value is -4.71. The lowest BCUT2D eigenvalue weighted by Gasteiger charge is -2.26. The Morgan fingerprint density at radius 3 is 2.00 bits per heavy atom. The second-order valence-corrected chi connectivity index (χ2v) is 13.7. The summed E-state index contributed by atoms with van der Waals surface area (Å²) in [5.74, 6) is -0.631. The number of nitrogens with one attached hydrogen (secondary N) is 4. The van der Waals surface area contributed by atoms with E-state index in [1.807, 2.05) is 92.7 Å². The van der Waals surface area contributed by atoms with Crippen LogP contribution in [0.15, 0.2) is 103 Å². The Balaban J connectivity index is 1.59. The summed E-state index contributed by atoms with van der Waals surface area (Å²) in [6, 6.07) is 29.6. The van der Waals surface area contributed by atoms with E-state index >= 15 is 0 Å². The first kappa shape index (κ1) is 36.1. The van der Waals surface area contributed by atoms with Crippen molar-refractivity contribution < 1.29 is 27.9 Å². The highest BCUT2D eigenvalue weighted by Gasteiger charge is 2.25. The summed E-state index contributed by atoms with van der Waals surface area (Å²) >= 11 is 0. The summed E-state index contributed by atoms with van der Waals surface area (Å²) in [4.78, 5) is 27.3. The van der Waals surface area contributed by atoms with Crippen molar-refractivity contribution >= 4 is 27.5 Å². The number of sulfonamides is 1. The summed E-state index contributed by atoms with van der Waals surface area (Å²) < 4.78 is 32.7. The van der Waals surface area contributed by atoms with Crippen LogP contribution in [-0.2, 0) is 16.4 Å². The average Bonchev–Trinajstić information content (AvgIpc) is 3.10. The van der Waals surface area contributed by atoms with Crippen molar-refractivity contribution in [2.24, 2.45) is 0 Å². The van der Waals surface area contributed by atoms with Crippen LogP contribution < -0.4 is 25.4 Å². The van der Waals surface area contributed by atoms with Gasteiger partial charge in [-0.25, -0.2) is 8.42 Å². The van der Waals surface area contributed by atoms with Gasteiger partial charge in [0.2, 0.25) is 10.0 Å². The van der Waals surface area contributed by atoms with Crippen molar-refractivity contribution in [2.45, 2.75) is 51.4 Å². The fourth-order valence-electron chi connectivity index (χ4n) is 5.18.